The van der Waals surface area contributed by atoms with Crippen LogP contribution >= 0.6 is 49.6 Å². The third-order valence-corrected chi connectivity index (χ3v) is 2.29. The van der Waals surface area contributed by atoms with Gasteiger partial charge in [-0.25, -0.2) is 0 Å². The van der Waals surface area contributed by atoms with Crippen molar-refractivity contribution in [3.05, 3.63) is 0 Å². The van der Waals surface area contributed by atoms with Gasteiger partial charge in [0.2, 0.25) is 0 Å². The van der Waals surface area contributed by atoms with E-state index in [1.807, 2.05) is 0 Å². The lowest BCUT2D eigenvalue weighted by Crippen LogP contribution is -2.30. The lowest BCUT2D eigenvalue weighted by molar-refractivity contribution is 0.265. The molecular weight excluding hydrogens is 318 g/mol. The van der Waals surface area contributed by atoms with Gasteiger partial charge in [-0.15, -0.1) is 49.6 Å². The molecule has 0 bridgehead atoms. The Bertz CT molecular complexity index is 114. The average Bonchev–Trinajstić information content (AvgIpc) is 2.21. The van der Waals surface area contributed by atoms with Crippen LogP contribution in [0.1, 0.15) is 25.7 Å². The van der Waals surface area contributed by atoms with Gasteiger partial charge in [0.15, 0.2) is 0 Å². The first-order valence-corrected chi connectivity index (χ1v) is 5.67. The first-order chi connectivity index (χ1) is 6.85. The molecule has 0 saturated carbocycles. The maximum atomic E-state index is 5.49. The molecule has 0 aromatic carbocycles. The number of hydrogen-bond acceptors (Lipinski definition) is 4. The zero-order valence-electron chi connectivity index (χ0n) is 10.9. The number of halogens is 4. The minimum Gasteiger partial charge on any atom is -0.330 e. The fraction of sp³-hybridized carbons (Fsp3) is 1.00. The summed E-state index contributed by atoms with van der Waals surface area (Å²) in [5.74, 6) is 0. The molecule has 0 rings (SSSR count). The lowest BCUT2D eigenvalue weighted by Gasteiger charge is -2.21. The summed E-state index contributed by atoms with van der Waals surface area (Å²) in [6, 6.07) is 0. The number of nitrogens with zero attached hydrogens (tertiary/aromatic N) is 1. The highest BCUT2D eigenvalue weighted by Crippen LogP contribution is 1.97. The predicted octanol–water partition coefficient (Wildman–Crippen LogP) is 1.41. The SMILES string of the molecule is Cl.Cl.Cl.Cl.NCCCCN(CCCN)CCCN. The molecule has 8 heteroatoms. The molecule has 0 spiro atoms. The van der Waals surface area contributed by atoms with Crippen molar-refractivity contribution in [1.29, 1.82) is 0 Å². The standard InChI is InChI=1S/C10H26N4.4ClH/c11-5-1-2-8-14(9-3-6-12)10-4-7-13;;;;/h1-13H2;4*1H. The summed E-state index contributed by atoms with van der Waals surface area (Å²) >= 11 is 0. The molecule has 0 saturated heterocycles. The highest BCUT2D eigenvalue weighted by Gasteiger charge is 2.02. The average molecular weight is 348 g/mol. The number of hydrogen-bond donors (Lipinski definition) is 3. The van der Waals surface area contributed by atoms with Gasteiger partial charge in [0.25, 0.3) is 0 Å². The van der Waals surface area contributed by atoms with Crippen molar-refractivity contribution in [3.63, 3.8) is 0 Å². The van der Waals surface area contributed by atoms with Gasteiger partial charge in [-0.1, -0.05) is 0 Å². The molecule has 0 aliphatic rings. The van der Waals surface area contributed by atoms with Crippen LogP contribution in [0.25, 0.3) is 0 Å². The second kappa shape index (κ2) is 26.5. The van der Waals surface area contributed by atoms with Crippen molar-refractivity contribution in [3.8, 4) is 0 Å². The van der Waals surface area contributed by atoms with Crippen LogP contribution in [0.4, 0.5) is 0 Å². The van der Waals surface area contributed by atoms with Crippen LogP contribution in [0.3, 0.4) is 0 Å². The molecule has 0 aliphatic heterocycles. The van der Waals surface area contributed by atoms with Gasteiger partial charge in [-0.2, -0.15) is 0 Å². The van der Waals surface area contributed by atoms with Crippen LogP contribution in [0, 0.1) is 0 Å². The van der Waals surface area contributed by atoms with E-state index < -0.39 is 0 Å². The molecule has 0 radical (unpaired) electrons. The van der Waals surface area contributed by atoms with Crippen LogP contribution in [-0.4, -0.2) is 44.2 Å². The Balaban J connectivity index is -0.000000141. The summed E-state index contributed by atoms with van der Waals surface area (Å²) < 4.78 is 0. The van der Waals surface area contributed by atoms with Gasteiger partial charge >= 0.3 is 0 Å². The molecule has 0 unspecified atom stereocenters. The minimum absolute atomic E-state index is 0. The van der Waals surface area contributed by atoms with E-state index in [-0.39, 0.29) is 49.6 Å². The quantitative estimate of drug-likeness (QED) is 0.522. The third-order valence-electron chi connectivity index (χ3n) is 2.29. The van der Waals surface area contributed by atoms with Crippen LogP contribution in [0.5, 0.6) is 0 Å². The Morgan fingerprint density at radius 3 is 1.17 bits per heavy atom. The number of rotatable bonds is 10. The minimum atomic E-state index is 0. The highest BCUT2D eigenvalue weighted by molar-refractivity contribution is 5.86. The van der Waals surface area contributed by atoms with Gasteiger partial charge in [-0.05, 0) is 65.0 Å². The van der Waals surface area contributed by atoms with Crippen molar-refractivity contribution in [2.24, 2.45) is 17.2 Å². The summed E-state index contributed by atoms with van der Waals surface area (Å²) in [4.78, 5) is 2.44. The summed E-state index contributed by atoms with van der Waals surface area (Å²) in [6.45, 7) is 5.67. The molecule has 0 heterocycles. The van der Waals surface area contributed by atoms with Crippen LogP contribution < -0.4 is 17.2 Å². The van der Waals surface area contributed by atoms with E-state index in [1.54, 1.807) is 0 Å². The van der Waals surface area contributed by atoms with E-state index in [4.69, 9.17) is 17.2 Å². The van der Waals surface area contributed by atoms with Crippen LogP contribution in [0.2, 0.25) is 0 Å². The fourth-order valence-electron chi connectivity index (χ4n) is 1.44. The van der Waals surface area contributed by atoms with Gasteiger partial charge in [-0.3, -0.25) is 0 Å². The summed E-state index contributed by atoms with van der Waals surface area (Å²) in [5.41, 5.74) is 16.4. The van der Waals surface area contributed by atoms with Crippen molar-refractivity contribution in [2.45, 2.75) is 25.7 Å². The maximum absolute atomic E-state index is 5.49. The molecule has 0 aromatic heterocycles. The van der Waals surface area contributed by atoms with Gasteiger partial charge in [0.05, 0.1) is 0 Å². The predicted molar refractivity (Wildman–Crippen MR) is 91.1 cm³/mol. The maximum Gasteiger partial charge on any atom is -0.000671 e. The molecule has 0 fully saturated rings. The van der Waals surface area contributed by atoms with Crippen molar-refractivity contribution >= 4 is 49.6 Å². The second-order valence-electron chi connectivity index (χ2n) is 3.62. The third kappa shape index (κ3) is 22.2. The Labute approximate surface area is 136 Å². The second-order valence-corrected chi connectivity index (χ2v) is 3.62. The van der Waals surface area contributed by atoms with E-state index in [2.05, 4.69) is 4.90 Å². The van der Waals surface area contributed by atoms with Gasteiger partial charge in [0.1, 0.15) is 0 Å². The summed E-state index contributed by atoms with van der Waals surface area (Å²) in [6.07, 6.45) is 4.45. The van der Waals surface area contributed by atoms with E-state index in [0.29, 0.717) is 0 Å². The molecule has 0 aromatic rings. The topological polar surface area (TPSA) is 81.3 Å². The number of nitrogens with two attached hydrogens (primary N) is 3. The van der Waals surface area contributed by atoms with Gasteiger partial charge < -0.3 is 22.1 Å². The Morgan fingerprint density at radius 1 is 0.500 bits per heavy atom. The lowest BCUT2D eigenvalue weighted by atomic mass is 10.2. The summed E-state index contributed by atoms with van der Waals surface area (Å²) in [7, 11) is 0. The normalized spacial score (nSPS) is 8.67. The first-order valence-electron chi connectivity index (χ1n) is 5.67. The molecule has 4 nitrogen and oxygen atoms in total. The van der Waals surface area contributed by atoms with E-state index in [0.717, 1.165) is 58.5 Å². The van der Waals surface area contributed by atoms with E-state index in [1.165, 1.54) is 6.42 Å². The Morgan fingerprint density at radius 2 is 0.833 bits per heavy atom. The summed E-state index contributed by atoms with van der Waals surface area (Å²) in [5, 5.41) is 0. The van der Waals surface area contributed by atoms with Crippen LogP contribution in [0.15, 0.2) is 0 Å². The van der Waals surface area contributed by atoms with E-state index >= 15 is 0 Å². The molecular formula is C10H30Cl4N4. The first kappa shape index (κ1) is 31.4. The number of unbranched alkanes of at least 4 members (excludes halogenated alkanes) is 1. The Hall–Kier alpha value is 1.000. The van der Waals surface area contributed by atoms with E-state index in [9.17, 15) is 0 Å². The van der Waals surface area contributed by atoms with Crippen molar-refractivity contribution in [1.82, 2.24) is 4.90 Å². The van der Waals surface area contributed by atoms with Crippen molar-refractivity contribution < 1.29 is 0 Å². The smallest absolute Gasteiger partial charge is 0.000671 e. The largest absolute Gasteiger partial charge is 0.330 e. The van der Waals surface area contributed by atoms with Crippen molar-refractivity contribution in [2.75, 3.05) is 39.3 Å². The zero-order chi connectivity index (χ0) is 10.6. The molecule has 0 atom stereocenters. The molecule has 18 heavy (non-hydrogen) atoms. The molecule has 0 aliphatic carbocycles. The van der Waals surface area contributed by atoms with Gasteiger partial charge in [0, 0.05) is 0 Å². The zero-order valence-corrected chi connectivity index (χ0v) is 14.1. The Kier molecular flexibility index (Phi) is 46.3. The molecule has 0 amide bonds. The molecule has 118 valence electrons. The van der Waals surface area contributed by atoms with Crippen LogP contribution in [-0.2, 0) is 0 Å². The fourth-order valence-corrected chi connectivity index (χ4v) is 1.44. The molecule has 6 N–H and O–H groups in total. The monoisotopic (exact) mass is 346 g/mol. The highest BCUT2D eigenvalue weighted by atomic mass is 35.5.